The maximum absolute atomic E-state index is 12.6. The second kappa shape index (κ2) is 9.54. The van der Waals surface area contributed by atoms with Gasteiger partial charge < -0.3 is 24.6 Å². The van der Waals surface area contributed by atoms with Crippen molar-refractivity contribution in [1.29, 1.82) is 0 Å². The largest absolute Gasteiger partial charge is 0.497 e. The lowest BCUT2D eigenvalue weighted by Gasteiger charge is -2.41. The Balaban J connectivity index is 1.92. The highest BCUT2D eigenvalue weighted by Gasteiger charge is 2.44. The molecule has 32 heavy (non-hydrogen) atoms. The lowest BCUT2D eigenvalue weighted by molar-refractivity contribution is -0.384. The number of benzene rings is 2. The number of aliphatic hydroxyl groups excluding tert-OH is 1. The molecular weight excluding hydrogens is 416 g/mol. The molecule has 0 fully saturated rings. The van der Waals surface area contributed by atoms with Crippen molar-refractivity contribution in [2.24, 2.45) is 0 Å². The minimum absolute atomic E-state index is 0.0212. The molecule has 1 aliphatic rings. The number of nitrogens with zero attached hydrogens (tertiary/aromatic N) is 1. The summed E-state index contributed by atoms with van der Waals surface area (Å²) in [6.45, 7) is 5.73. The quantitative estimate of drug-likeness (QED) is 0.469. The topological polar surface area (TPSA) is 120 Å². The molecule has 3 rings (SSSR count). The molecule has 1 amide bonds. The van der Waals surface area contributed by atoms with Gasteiger partial charge in [-0.25, -0.2) is 0 Å². The molecule has 1 aliphatic heterocycles. The number of hydrogen-bond donors (Lipinski definition) is 2. The van der Waals surface area contributed by atoms with E-state index in [4.69, 9.17) is 14.2 Å². The molecule has 9 heteroatoms. The van der Waals surface area contributed by atoms with E-state index in [9.17, 15) is 20.0 Å². The van der Waals surface area contributed by atoms with E-state index >= 15 is 0 Å². The first-order valence-electron chi connectivity index (χ1n) is 10.4. The third-order valence-electron chi connectivity index (χ3n) is 5.30. The van der Waals surface area contributed by atoms with Crippen LogP contribution in [0.25, 0.3) is 0 Å². The van der Waals surface area contributed by atoms with Gasteiger partial charge in [0, 0.05) is 12.2 Å². The van der Waals surface area contributed by atoms with Gasteiger partial charge >= 0.3 is 0 Å². The molecule has 0 saturated heterocycles. The summed E-state index contributed by atoms with van der Waals surface area (Å²) in [5.74, 6) is 0.502. The summed E-state index contributed by atoms with van der Waals surface area (Å²) < 4.78 is 16.8. The summed E-state index contributed by atoms with van der Waals surface area (Å²) in [5, 5.41) is 25.1. The van der Waals surface area contributed by atoms with Crippen molar-refractivity contribution >= 4 is 17.3 Å². The number of aliphatic hydroxyl groups is 1. The minimum atomic E-state index is -1.00. The Kier molecular flexibility index (Phi) is 7.00. The number of nitro groups is 1. The summed E-state index contributed by atoms with van der Waals surface area (Å²) in [6, 6.07) is 9.70. The minimum Gasteiger partial charge on any atom is -0.497 e. The summed E-state index contributed by atoms with van der Waals surface area (Å²) in [5.41, 5.74) is -0.0939. The van der Waals surface area contributed by atoms with Crippen LogP contribution in [0.4, 0.5) is 11.4 Å². The smallest absolute Gasteiger partial charge is 0.296 e. The Morgan fingerprint density at radius 3 is 2.56 bits per heavy atom. The fourth-order valence-electron chi connectivity index (χ4n) is 3.58. The van der Waals surface area contributed by atoms with Crippen LogP contribution >= 0.6 is 0 Å². The number of hydrogen-bond acceptors (Lipinski definition) is 7. The highest BCUT2D eigenvalue weighted by atomic mass is 16.6. The zero-order chi connectivity index (χ0) is 23.5. The van der Waals surface area contributed by atoms with Crippen LogP contribution in [0.2, 0.25) is 0 Å². The van der Waals surface area contributed by atoms with Gasteiger partial charge in [0.2, 0.25) is 5.91 Å². The average molecular weight is 444 g/mol. The van der Waals surface area contributed by atoms with E-state index in [-0.39, 0.29) is 23.5 Å². The third kappa shape index (κ3) is 5.00. The van der Waals surface area contributed by atoms with Crippen molar-refractivity contribution < 1.29 is 29.0 Å². The number of carbonyl (C=O) groups is 1. The number of carbonyl (C=O) groups excluding carboxylic acids is 1. The van der Waals surface area contributed by atoms with E-state index in [1.54, 1.807) is 45.2 Å². The zero-order valence-corrected chi connectivity index (χ0v) is 18.6. The highest BCUT2D eigenvalue weighted by molar-refractivity contribution is 5.95. The van der Waals surface area contributed by atoms with Crippen LogP contribution in [0, 0.1) is 10.1 Å². The Hall–Kier alpha value is -3.17. The van der Waals surface area contributed by atoms with Crippen LogP contribution in [0.3, 0.4) is 0 Å². The van der Waals surface area contributed by atoms with Gasteiger partial charge in [0.15, 0.2) is 0 Å². The van der Waals surface area contributed by atoms with Gasteiger partial charge in [-0.3, -0.25) is 14.9 Å². The normalized spacial score (nSPS) is 18.9. The van der Waals surface area contributed by atoms with Gasteiger partial charge in [0.1, 0.15) is 35.0 Å². The molecule has 0 unspecified atom stereocenters. The molecule has 9 nitrogen and oxygen atoms in total. The SMILES string of the molecule is CCCO[C@H]1c2cc(NC(=O)Cc3ccc(OC)cc3)c([N+](=O)[O-])cc2OC(C)(C)[C@@H]1O. The van der Waals surface area contributed by atoms with E-state index < -0.39 is 28.6 Å². The molecular formula is C23H28N2O7. The molecule has 2 aromatic carbocycles. The van der Waals surface area contributed by atoms with Crippen LogP contribution in [0.1, 0.15) is 44.4 Å². The number of amides is 1. The summed E-state index contributed by atoms with van der Waals surface area (Å²) in [4.78, 5) is 23.7. The van der Waals surface area contributed by atoms with Gasteiger partial charge in [-0.05, 0) is 44.0 Å². The number of nitrogens with one attached hydrogen (secondary N) is 1. The van der Waals surface area contributed by atoms with Crippen molar-refractivity contribution in [1.82, 2.24) is 0 Å². The first-order chi connectivity index (χ1) is 15.2. The van der Waals surface area contributed by atoms with Crippen LogP contribution in [0.15, 0.2) is 36.4 Å². The predicted molar refractivity (Wildman–Crippen MR) is 118 cm³/mol. The average Bonchev–Trinajstić information content (AvgIpc) is 2.74. The van der Waals surface area contributed by atoms with E-state index in [1.807, 2.05) is 6.92 Å². The van der Waals surface area contributed by atoms with Crippen LogP contribution < -0.4 is 14.8 Å². The molecule has 2 aromatic rings. The molecule has 2 atom stereocenters. The second-order valence-corrected chi connectivity index (χ2v) is 8.18. The maximum atomic E-state index is 12.6. The second-order valence-electron chi connectivity index (χ2n) is 8.18. The van der Waals surface area contributed by atoms with Gasteiger partial charge in [0.05, 0.1) is 24.5 Å². The molecule has 0 aromatic heterocycles. The molecule has 0 spiro atoms. The fraction of sp³-hybridized carbons (Fsp3) is 0.435. The Morgan fingerprint density at radius 1 is 1.28 bits per heavy atom. The van der Waals surface area contributed by atoms with Crippen LogP contribution in [0.5, 0.6) is 11.5 Å². The van der Waals surface area contributed by atoms with Gasteiger partial charge in [-0.15, -0.1) is 0 Å². The van der Waals surface area contributed by atoms with E-state index in [0.29, 0.717) is 17.9 Å². The lowest BCUT2D eigenvalue weighted by Crippen LogP contribution is -2.49. The van der Waals surface area contributed by atoms with Crippen molar-refractivity contribution in [3.8, 4) is 11.5 Å². The molecule has 172 valence electrons. The number of fused-ring (bicyclic) bond motifs is 1. The van der Waals surface area contributed by atoms with E-state index in [2.05, 4.69) is 5.32 Å². The Bertz CT molecular complexity index is 989. The maximum Gasteiger partial charge on any atom is 0.296 e. The van der Waals surface area contributed by atoms with Crippen molar-refractivity contribution in [2.45, 2.75) is 51.4 Å². The number of rotatable bonds is 8. The predicted octanol–water partition coefficient (Wildman–Crippen LogP) is 3.78. The van der Waals surface area contributed by atoms with Crippen molar-refractivity contribution in [2.75, 3.05) is 19.0 Å². The Labute approximate surface area is 186 Å². The standard InChI is InChI=1S/C23H28N2O7/c1-5-10-31-21-16-12-17(24-20(26)11-14-6-8-15(30-4)9-7-14)18(25(28)29)13-19(16)32-23(2,3)22(21)27/h6-9,12-13,21-22,27H,5,10-11H2,1-4H3,(H,24,26)/t21-,22+/m0/s1. The van der Waals surface area contributed by atoms with Gasteiger partial charge in [-0.2, -0.15) is 0 Å². The number of nitro benzene ring substituents is 1. The number of methoxy groups -OCH3 is 1. The van der Waals surface area contributed by atoms with Crippen LogP contribution in [-0.2, 0) is 16.0 Å². The molecule has 0 bridgehead atoms. The first-order valence-corrected chi connectivity index (χ1v) is 10.4. The summed E-state index contributed by atoms with van der Waals surface area (Å²) in [7, 11) is 1.55. The van der Waals surface area contributed by atoms with Gasteiger partial charge in [-0.1, -0.05) is 19.1 Å². The monoisotopic (exact) mass is 444 g/mol. The van der Waals surface area contributed by atoms with Crippen molar-refractivity contribution in [3.63, 3.8) is 0 Å². The fourth-order valence-corrected chi connectivity index (χ4v) is 3.58. The van der Waals surface area contributed by atoms with E-state index in [0.717, 1.165) is 12.0 Å². The highest BCUT2D eigenvalue weighted by Crippen LogP contribution is 2.45. The third-order valence-corrected chi connectivity index (χ3v) is 5.30. The number of ether oxygens (including phenoxy) is 3. The molecule has 0 radical (unpaired) electrons. The summed E-state index contributed by atoms with van der Waals surface area (Å²) in [6.07, 6.45) is -0.976. The van der Waals surface area contributed by atoms with Gasteiger partial charge in [0.25, 0.3) is 5.69 Å². The lowest BCUT2D eigenvalue weighted by atomic mass is 9.88. The molecule has 1 heterocycles. The first kappa shape index (κ1) is 23.5. The van der Waals surface area contributed by atoms with E-state index in [1.165, 1.54) is 12.1 Å². The number of anilines is 1. The summed E-state index contributed by atoms with van der Waals surface area (Å²) >= 11 is 0. The molecule has 0 aliphatic carbocycles. The van der Waals surface area contributed by atoms with Crippen LogP contribution in [-0.4, -0.2) is 41.4 Å². The molecule has 2 N–H and O–H groups in total. The van der Waals surface area contributed by atoms with Crippen molar-refractivity contribution in [3.05, 3.63) is 57.6 Å². The Morgan fingerprint density at radius 2 is 1.97 bits per heavy atom. The molecule has 0 saturated carbocycles. The zero-order valence-electron chi connectivity index (χ0n) is 18.6.